The molecule has 0 radical (unpaired) electrons. The van der Waals surface area contributed by atoms with E-state index in [1.807, 2.05) is 84.9 Å². The zero-order valence-corrected chi connectivity index (χ0v) is 25.3. The van der Waals surface area contributed by atoms with Gasteiger partial charge in [-0.2, -0.15) is 0 Å². The van der Waals surface area contributed by atoms with Gasteiger partial charge in [-0.15, -0.1) is 0 Å². The van der Waals surface area contributed by atoms with Crippen molar-refractivity contribution in [2.24, 2.45) is 0 Å². The summed E-state index contributed by atoms with van der Waals surface area (Å²) in [6.45, 7) is 5.23. The van der Waals surface area contributed by atoms with Crippen molar-refractivity contribution in [1.29, 1.82) is 0 Å². The second-order valence-corrected chi connectivity index (χ2v) is 11.4. The first-order chi connectivity index (χ1) is 22.1. The number of aliphatic hydroxyl groups is 1. The van der Waals surface area contributed by atoms with Crippen molar-refractivity contribution in [1.82, 2.24) is 25.5 Å². The number of aliphatic hydroxyl groups excluding tert-OH is 1. The van der Waals surface area contributed by atoms with Crippen LogP contribution in [-0.2, 0) is 29.2 Å². The highest BCUT2D eigenvalue weighted by atomic mass is 16.7. The van der Waals surface area contributed by atoms with Crippen LogP contribution in [0.15, 0.2) is 97.3 Å². The second kappa shape index (κ2) is 15.1. The molecule has 3 atom stereocenters. The van der Waals surface area contributed by atoms with E-state index in [4.69, 9.17) is 9.47 Å². The van der Waals surface area contributed by atoms with Crippen LogP contribution >= 0.6 is 0 Å². The molecule has 2 amide bonds. The van der Waals surface area contributed by atoms with Crippen LogP contribution in [0, 0.1) is 0 Å². The second-order valence-electron chi connectivity index (χ2n) is 11.4. The Bertz CT molecular complexity index is 1480. The molecule has 10 heteroatoms. The largest absolute Gasteiger partial charge is 0.392 e. The molecule has 0 saturated carbocycles. The van der Waals surface area contributed by atoms with Crippen LogP contribution in [0.25, 0.3) is 0 Å². The van der Waals surface area contributed by atoms with E-state index in [1.165, 1.54) is 0 Å². The van der Waals surface area contributed by atoms with Crippen LogP contribution in [0.5, 0.6) is 0 Å². The molecule has 1 aromatic heterocycles. The monoisotopic (exact) mass is 608 g/mol. The molecular formula is C35H40N6O4. The van der Waals surface area contributed by atoms with E-state index in [2.05, 4.69) is 30.4 Å². The minimum absolute atomic E-state index is 0.00998. The van der Waals surface area contributed by atoms with Gasteiger partial charge in [0.1, 0.15) is 0 Å². The summed E-state index contributed by atoms with van der Waals surface area (Å²) in [6, 6.07) is 27.4. The van der Waals surface area contributed by atoms with E-state index >= 15 is 0 Å². The highest BCUT2D eigenvalue weighted by Crippen LogP contribution is 2.38. The van der Waals surface area contributed by atoms with Crippen LogP contribution in [0.1, 0.15) is 46.6 Å². The predicted molar refractivity (Wildman–Crippen MR) is 171 cm³/mol. The molecule has 4 aromatic rings. The number of nitrogens with zero attached hydrogens (tertiary/aromatic N) is 4. The Balaban J connectivity index is 1.07. The van der Waals surface area contributed by atoms with Gasteiger partial charge in [-0.1, -0.05) is 78.9 Å². The van der Waals surface area contributed by atoms with Crippen molar-refractivity contribution in [2.45, 2.75) is 44.6 Å². The van der Waals surface area contributed by atoms with Gasteiger partial charge in [0, 0.05) is 70.2 Å². The summed E-state index contributed by atoms with van der Waals surface area (Å²) in [6.07, 6.45) is 3.60. The van der Waals surface area contributed by atoms with E-state index in [0.717, 1.165) is 72.9 Å². The van der Waals surface area contributed by atoms with Gasteiger partial charge in [0.15, 0.2) is 6.29 Å². The normalized spacial score (nSPS) is 20.5. The average molecular weight is 609 g/mol. The standard InChI is InChI=1S/C35H40N6O4/c42-25-28-9-11-29(12-10-28)32-21-31(24-40-17-19-41(20-18-40)34-36-15-4-16-37-34)44-33(45-32)30-13-7-27(8-14-30)23-39-35(43)38-22-26-5-2-1-3-6-26/h1-16,31-33,42H,17-25H2,(H2,38,39,43)/t31-,32+,33+/m1/s1. The lowest BCUT2D eigenvalue weighted by Gasteiger charge is -2.40. The predicted octanol–water partition coefficient (Wildman–Crippen LogP) is 4.34. The van der Waals surface area contributed by atoms with Gasteiger partial charge in [0.2, 0.25) is 5.95 Å². The highest BCUT2D eigenvalue weighted by molar-refractivity contribution is 5.73. The molecule has 2 fully saturated rings. The molecule has 0 aliphatic carbocycles. The van der Waals surface area contributed by atoms with Crippen LogP contribution in [0.2, 0.25) is 0 Å². The van der Waals surface area contributed by atoms with Gasteiger partial charge in [-0.05, 0) is 28.3 Å². The number of benzene rings is 3. The number of anilines is 1. The van der Waals surface area contributed by atoms with Gasteiger partial charge in [0.05, 0.1) is 18.8 Å². The van der Waals surface area contributed by atoms with E-state index < -0.39 is 6.29 Å². The van der Waals surface area contributed by atoms with Crippen molar-refractivity contribution in [2.75, 3.05) is 37.6 Å². The van der Waals surface area contributed by atoms with E-state index in [0.29, 0.717) is 13.1 Å². The molecule has 0 bridgehead atoms. The van der Waals surface area contributed by atoms with Gasteiger partial charge in [0.25, 0.3) is 0 Å². The van der Waals surface area contributed by atoms with E-state index in [9.17, 15) is 9.90 Å². The smallest absolute Gasteiger partial charge is 0.315 e. The highest BCUT2D eigenvalue weighted by Gasteiger charge is 2.34. The molecular weight excluding hydrogens is 568 g/mol. The number of hydrogen-bond acceptors (Lipinski definition) is 8. The fourth-order valence-electron chi connectivity index (χ4n) is 5.72. The lowest BCUT2D eigenvalue weighted by atomic mass is 9.99. The summed E-state index contributed by atoms with van der Waals surface area (Å²) in [7, 11) is 0. The van der Waals surface area contributed by atoms with Crippen LogP contribution < -0.4 is 15.5 Å². The summed E-state index contributed by atoms with van der Waals surface area (Å²) in [5.74, 6) is 0.775. The number of carbonyl (C=O) groups is 1. The van der Waals surface area contributed by atoms with Gasteiger partial charge >= 0.3 is 6.03 Å². The molecule has 0 unspecified atom stereocenters. The maximum Gasteiger partial charge on any atom is 0.315 e. The third kappa shape index (κ3) is 8.43. The zero-order valence-electron chi connectivity index (χ0n) is 25.3. The fraction of sp³-hybridized carbons (Fsp3) is 0.343. The van der Waals surface area contributed by atoms with Gasteiger partial charge < -0.3 is 30.1 Å². The van der Waals surface area contributed by atoms with Crippen molar-refractivity contribution in [3.8, 4) is 0 Å². The summed E-state index contributed by atoms with van der Waals surface area (Å²) < 4.78 is 13.1. The molecule has 3 N–H and O–H groups in total. The Morgan fingerprint density at radius 1 is 0.756 bits per heavy atom. The summed E-state index contributed by atoms with van der Waals surface area (Å²) in [4.78, 5) is 25.8. The number of aromatic nitrogens is 2. The van der Waals surface area contributed by atoms with Crippen molar-refractivity contribution in [3.63, 3.8) is 0 Å². The lowest BCUT2D eigenvalue weighted by Crippen LogP contribution is -2.50. The Kier molecular flexibility index (Phi) is 10.3. The molecule has 234 valence electrons. The molecule has 2 aliphatic rings. The van der Waals surface area contributed by atoms with Crippen LogP contribution in [0.3, 0.4) is 0 Å². The third-order valence-electron chi connectivity index (χ3n) is 8.28. The number of amides is 2. The van der Waals surface area contributed by atoms with Crippen molar-refractivity contribution < 1.29 is 19.4 Å². The van der Waals surface area contributed by atoms with Gasteiger partial charge in [-0.3, -0.25) is 4.90 Å². The first-order valence-electron chi connectivity index (χ1n) is 15.5. The molecule has 10 nitrogen and oxygen atoms in total. The quantitative estimate of drug-likeness (QED) is 0.244. The number of ether oxygens (including phenoxy) is 2. The summed E-state index contributed by atoms with van der Waals surface area (Å²) >= 11 is 0. The van der Waals surface area contributed by atoms with E-state index in [1.54, 1.807) is 12.4 Å². The number of rotatable bonds is 10. The molecule has 45 heavy (non-hydrogen) atoms. The number of urea groups is 1. The minimum atomic E-state index is -0.526. The van der Waals surface area contributed by atoms with Crippen LogP contribution in [0.4, 0.5) is 10.7 Å². The lowest BCUT2D eigenvalue weighted by molar-refractivity contribution is -0.253. The average Bonchev–Trinajstić information content (AvgIpc) is 3.11. The third-order valence-corrected chi connectivity index (χ3v) is 8.28. The Morgan fingerprint density at radius 2 is 1.38 bits per heavy atom. The van der Waals surface area contributed by atoms with Crippen LogP contribution in [-0.4, -0.2) is 64.8 Å². The Hall–Kier alpha value is -4.35. The summed E-state index contributed by atoms with van der Waals surface area (Å²) in [5, 5.41) is 15.3. The van der Waals surface area contributed by atoms with Crippen molar-refractivity contribution >= 4 is 12.0 Å². The summed E-state index contributed by atoms with van der Waals surface area (Å²) in [5.41, 5.74) is 4.91. The van der Waals surface area contributed by atoms with Gasteiger partial charge in [-0.25, -0.2) is 14.8 Å². The number of hydrogen-bond donors (Lipinski definition) is 3. The molecule has 0 spiro atoms. The molecule has 2 saturated heterocycles. The number of nitrogens with one attached hydrogen (secondary N) is 2. The Labute approximate surface area is 264 Å². The topological polar surface area (TPSA) is 112 Å². The maximum absolute atomic E-state index is 12.3. The minimum Gasteiger partial charge on any atom is -0.392 e. The first-order valence-corrected chi connectivity index (χ1v) is 15.5. The van der Waals surface area contributed by atoms with E-state index in [-0.39, 0.29) is 24.8 Å². The first kappa shape index (κ1) is 30.7. The number of carbonyl (C=O) groups excluding carboxylic acids is 1. The molecule has 6 rings (SSSR count). The molecule has 3 heterocycles. The number of piperazine rings is 1. The SMILES string of the molecule is O=C(NCc1ccccc1)NCc1ccc([C@H]2O[C@@H](CN3CCN(c4ncccn4)CC3)C[C@@H](c3ccc(CO)cc3)O2)cc1. The molecule has 2 aliphatic heterocycles. The zero-order chi connectivity index (χ0) is 30.8. The molecule has 3 aromatic carbocycles. The Morgan fingerprint density at radius 3 is 2.04 bits per heavy atom. The van der Waals surface area contributed by atoms with Crippen molar-refractivity contribution in [3.05, 3.63) is 125 Å². The maximum atomic E-state index is 12.3. The fourth-order valence-corrected chi connectivity index (χ4v) is 5.72.